The van der Waals surface area contributed by atoms with E-state index in [0.717, 1.165) is 10.0 Å². The average Bonchev–Trinajstić information content (AvgIpc) is 2.46. The van der Waals surface area contributed by atoms with Crippen molar-refractivity contribution in [2.45, 2.75) is 6.61 Å². The highest BCUT2D eigenvalue weighted by atomic mass is 79.9. The zero-order valence-electron chi connectivity index (χ0n) is 10.7. The van der Waals surface area contributed by atoms with Gasteiger partial charge in [0.1, 0.15) is 24.2 Å². The van der Waals surface area contributed by atoms with Gasteiger partial charge in [-0.1, -0.05) is 33.6 Å². The lowest BCUT2D eigenvalue weighted by atomic mass is 10.1. The second-order valence-corrected chi connectivity index (χ2v) is 5.33. The Kier molecular flexibility index (Phi) is 4.89. The number of benzene rings is 2. The molecule has 2 rings (SSSR count). The summed E-state index contributed by atoms with van der Waals surface area (Å²) < 4.78 is 11.7. The summed E-state index contributed by atoms with van der Waals surface area (Å²) in [5.74, 6) is 1.15. The number of hydrogen-bond donors (Lipinski definition) is 0. The van der Waals surface area contributed by atoms with E-state index in [9.17, 15) is 0 Å². The van der Waals surface area contributed by atoms with Crippen LogP contribution in [0.2, 0.25) is 5.02 Å². The Morgan fingerprint density at radius 1 is 1.20 bits per heavy atom. The molecule has 0 unspecified atom stereocenters. The minimum Gasteiger partial charge on any atom is -0.495 e. The van der Waals surface area contributed by atoms with Crippen LogP contribution in [-0.2, 0) is 6.61 Å². The molecule has 0 aliphatic heterocycles. The van der Waals surface area contributed by atoms with Crippen LogP contribution in [0.15, 0.2) is 40.9 Å². The number of rotatable bonds is 4. The number of nitriles is 1. The summed E-state index contributed by atoms with van der Waals surface area (Å²) in [7, 11) is 1.53. The third kappa shape index (κ3) is 3.44. The van der Waals surface area contributed by atoms with Crippen LogP contribution in [0.5, 0.6) is 11.5 Å². The van der Waals surface area contributed by atoms with Crippen LogP contribution in [0.1, 0.15) is 11.1 Å². The summed E-state index contributed by atoms with van der Waals surface area (Å²) in [6.07, 6.45) is 0. The first kappa shape index (κ1) is 14.7. The topological polar surface area (TPSA) is 42.2 Å². The Balaban J connectivity index is 2.13. The largest absolute Gasteiger partial charge is 0.495 e. The summed E-state index contributed by atoms with van der Waals surface area (Å²) in [5.41, 5.74) is 1.40. The Labute approximate surface area is 130 Å². The molecule has 0 heterocycles. The molecule has 0 saturated carbocycles. The third-order valence-corrected chi connectivity index (χ3v) is 3.46. The van der Waals surface area contributed by atoms with Gasteiger partial charge < -0.3 is 9.47 Å². The molecule has 0 N–H and O–H groups in total. The summed E-state index contributed by atoms with van der Waals surface area (Å²) in [6, 6.07) is 12.8. The molecule has 0 amide bonds. The van der Waals surface area contributed by atoms with E-state index in [0.29, 0.717) is 28.7 Å². The highest BCUT2D eigenvalue weighted by Gasteiger charge is 2.06. The monoisotopic (exact) mass is 351 g/mol. The van der Waals surface area contributed by atoms with Crippen molar-refractivity contribution in [3.63, 3.8) is 0 Å². The minimum absolute atomic E-state index is 0.351. The molecule has 2 aromatic carbocycles. The lowest BCUT2D eigenvalue weighted by molar-refractivity contribution is 0.305. The van der Waals surface area contributed by atoms with Gasteiger partial charge in [-0.05, 0) is 35.9 Å². The van der Waals surface area contributed by atoms with E-state index in [1.165, 1.54) is 7.11 Å². The molecule has 0 spiro atoms. The summed E-state index contributed by atoms with van der Waals surface area (Å²) in [4.78, 5) is 0. The van der Waals surface area contributed by atoms with Gasteiger partial charge in [-0.3, -0.25) is 0 Å². The fraction of sp³-hybridized carbons (Fsp3) is 0.133. The average molecular weight is 353 g/mol. The molecule has 0 saturated heterocycles. The molecule has 0 aromatic heterocycles. The molecular weight excluding hydrogens is 342 g/mol. The molecule has 20 heavy (non-hydrogen) atoms. The SMILES string of the molecule is COc1cc(COc2ccc(Br)cc2Cl)ccc1C#N. The molecule has 102 valence electrons. The zero-order chi connectivity index (χ0) is 14.5. The summed E-state index contributed by atoms with van der Waals surface area (Å²) in [6.45, 7) is 0.351. The fourth-order valence-electron chi connectivity index (χ4n) is 1.67. The highest BCUT2D eigenvalue weighted by Crippen LogP contribution is 2.29. The molecule has 3 nitrogen and oxygen atoms in total. The van der Waals surface area contributed by atoms with Crippen LogP contribution < -0.4 is 9.47 Å². The number of halogens is 2. The van der Waals surface area contributed by atoms with Crippen LogP contribution in [0.3, 0.4) is 0 Å². The normalized spacial score (nSPS) is 9.90. The molecule has 0 fully saturated rings. The smallest absolute Gasteiger partial charge is 0.138 e. The number of hydrogen-bond acceptors (Lipinski definition) is 3. The van der Waals surface area contributed by atoms with Gasteiger partial charge >= 0.3 is 0 Å². The van der Waals surface area contributed by atoms with Crippen molar-refractivity contribution in [1.29, 1.82) is 5.26 Å². The van der Waals surface area contributed by atoms with E-state index in [4.69, 9.17) is 26.3 Å². The Morgan fingerprint density at radius 3 is 2.65 bits per heavy atom. The van der Waals surface area contributed by atoms with E-state index in [2.05, 4.69) is 22.0 Å². The van der Waals surface area contributed by atoms with Gasteiger partial charge in [0.15, 0.2) is 0 Å². The highest BCUT2D eigenvalue weighted by molar-refractivity contribution is 9.10. The second-order valence-electron chi connectivity index (χ2n) is 4.01. The standard InChI is InChI=1S/C15H11BrClNO2/c1-19-15-6-10(2-3-11(15)8-18)9-20-14-5-4-12(16)7-13(14)17/h2-7H,9H2,1H3. The van der Waals surface area contributed by atoms with E-state index in [1.807, 2.05) is 12.1 Å². The van der Waals surface area contributed by atoms with Gasteiger partial charge in [0.05, 0.1) is 17.7 Å². The van der Waals surface area contributed by atoms with Crippen molar-refractivity contribution in [3.05, 3.63) is 57.0 Å². The quantitative estimate of drug-likeness (QED) is 0.810. The van der Waals surface area contributed by atoms with Crippen LogP contribution in [0, 0.1) is 11.3 Å². The summed E-state index contributed by atoms with van der Waals surface area (Å²) in [5, 5.41) is 9.47. The predicted molar refractivity (Wildman–Crippen MR) is 81.2 cm³/mol. The Morgan fingerprint density at radius 2 is 2.00 bits per heavy atom. The van der Waals surface area contributed by atoms with Crippen molar-refractivity contribution in [2.24, 2.45) is 0 Å². The molecule has 2 aromatic rings. The van der Waals surface area contributed by atoms with Gasteiger partial charge in [-0.2, -0.15) is 5.26 Å². The first-order valence-electron chi connectivity index (χ1n) is 5.79. The molecule has 0 aliphatic carbocycles. The molecule has 0 atom stereocenters. The number of ether oxygens (including phenoxy) is 2. The molecular formula is C15H11BrClNO2. The van der Waals surface area contributed by atoms with Gasteiger partial charge in [0.2, 0.25) is 0 Å². The lowest BCUT2D eigenvalue weighted by Gasteiger charge is -2.10. The molecule has 0 bridgehead atoms. The van der Waals surface area contributed by atoms with Gasteiger partial charge in [-0.15, -0.1) is 0 Å². The fourth-order valence-corrected chi connectivity index (χ4v) is 2.40. The number of methoxy groups -OCH3 is 1. The first-order chi connectivity index (χ1) is 9.63. The maximum Gasteiger partial charge on any atom is 0.138 e. The van der Waals surface area contributed by atoms with Crippen LogP contribution >= 0.6 is 27.5 Å². The van der Waals surface area contributed by atoms with Gasteiger partial charge in [0, 0.05) is 4.47 Å². The number of nitrogens with zero attached hydrogens (tertiary/aromatic N) is 1. The lowest BCUT2D eigenvalue weighted by Crippen LogP contribution is -1.97. The second kappa shape index (κ2) is 6.65. The Hall–Kier alpha value is -1.70. The minimum atomic E-state index is 0.351. The first-order valence-corrected chi connectivity index (χ1v) is 6.96. The van der Waals surface area contributed by atoms with Crippen LogP contribution in [-0.4, -0.2) is 7.11 Å². The summed E-state index contributed by atoms with van der Waals surface area (Å²) >= 11 is 9.42. The Bertz CT molecular complexity index is 667. The van der Waals surface area contributed by atoms with Crippen molar-refractivity contribution >= 4 is 27.5 Å². The van der Waals surface area contributed by atoms with Crippen molar-refractivity contribution in [1.82, 2.24) is 0 Å². The van der Waals surface area contributed by atoms with Crippen molar-refractivity contribution in [3.8, 4) is 17.6 Å². The van der Waals surface area contributed by atoms with E-state index >= 15 is 0 Å². The van der Waals surface area contributed by atoms with Crippen LogP contribution in [0.25, 0.3) is 0 Å². The van der Waals surface area contributed by atoms with Crippen molar-refractivity contribution in [2.75, 3.05) is 7.11 Å². The van der Waals surface area contributed by atoms with Gasteiger partial charge in [-0.25, -0.2) is 0 Å². The molecule has 0 aliphatic rings. The predicted octanol–water partition coefficient (Wildman–Crippen LogP) is 4.56. The maximum absolute atomic E-state index is 8.93. The molecule has 0 radical (unpaired) electrons. The van der Waals surface area contributed by atoms with E-state index in [1.54, 1.807) is 24.3 Å². The van der Waals surface area contributed by atoms with Crippen LogP contribution in [0.4, 0.5) is 0 Å². The molecule has 5 heteroatoms. The van der Waals surface area contributed by atoms with Crippen molar-refractivity contribution < 1.29 is 9.47 Å². The maximum atomic E-state index is 8.93. The van der Waals surface area contributed by atoms with E-state index < -0.39 is 0 Å². The van der Waals surface area contributed by atoms with Gasteiger partial charge in [0.25, 0.3) is 0 Å². The zero-order valence-corrected chi connectivity index (χ0v) is 13.0. The third-order valence-electron chi connectivity index (χ3n) is 2.67. The van der Waals surface area contributed by atoms with E-state index in [-0.39, 0.29) is 0 Å².